The number of hydrogen-bond donors (Lipinski definition) is 1. The maximum absolute atomic E-state index is 13.5. The second kappa shape index (κ2) is 9.86. The van der Waals surface area contributed by atoms with Gasteiger partial charge in [0.1, 0.15) is 22.7 Å². The number of hydrogen-bond acceptors (Lipinski definition) is 5. The fourth-order valence-corrected chi connectivity index (χ4v) is 4.38. The number of carbonyl (C=O) groups excluding carboxylic acids is 2. The molecule has 1 aliphatic carbocycles. The summed E-state index contributed by atoms with van der Waals surface area (Å²) < 4.78 is 7.27. The molecule has 4 rings (SSSR count). The lowest BCUT2D eigenvalue weighted by atomic mass is 10.0. The van der Waals surface area contributed by atoms with Crippen molar-refractivity contribution >= 4 is 34.5 Å². The molecule has 3 aromatic rings. The number of alkyl carbamates (subject to hydrolysis) is 1. The Bertz CT molecular complexity index is 1290. The zero-order valence-electron chi connectivity index (χ0n) is 19.5. The fraction of sp³-hybridized carbons (Fsp3) is 0.385. The van der Waals surface area contributed by atoms with Crippen LogP contribution in [0.1, 0.15) is 74.0 Å². The Labute approximate surface area is 203 Å². The molecule has 0 atom stereocenters. The van der Waals surface area contributed by atoms with E-state index in [1.165, 1.54) is 6.33 Å². The van der Waals surface area contributed by atoms with Crippen molar-refractivity contribution in [3.8, 4) is 11.8 Å². The van der Waals surface area contributed by atoms with Crippen molar-refractivity contribution < 1.29 is 14.3 Å². The molecule has 1 saturated carbocycles. The summed E-state index contributed by atoms with van der Waals surface area (Å²) in [5.41, 5.74) is 1.78. The molecule has 1 aromatic carbocycles. The maximum Gasteiger partial charge on any atom is 0.408 e. The number of nitrogens with one attached hydrogen (secondary N) is 1. The molecule has 0 unspecified atom stereocenters. The molecule has 1 aliphatic rings. The van der Waals surface area contributed by atoms with Gasteiger partial charge in [-0.25, -0.2) is 14.8 Å². The van der Waals surface area contributed by atoms with Gasteiger partial charge in [0.2, 0.25) is 0 Å². The van der Waals surface area contributed by atoms with Gasteiger partial charge in [-0.15, -0.1) is 0 Å². The molecule has 8 heteroatoms. The first kappa shape index (κ1) is 23.8. The van der Waals surface area contributed by atoms with Crippen LogP contribution in [0.2, 0.25) is 5.15 Å². The zero-order chi connectivity index (χ0) is 24.3. The number of benzene rings is 1. The quantitative estimate of drug-likeness (QED) is 0.312. The highest BCUT2D eigenvalue weighted by molar-refractivity contribution is 6.36. The Morgan fingerprint density at radius 3 is 2.74 bits per heavy atom. The van der Waals surface area contributed by atoms with Crippen LogP contribution in [0.5, 0.6) is 0 Å². The first-order valence-electron chi connectivity index (χ1n) is 11.3. The average Bonchev–Trinajstić information content (AvgIpc) is 3.44. The first-order valence-corrected chi connectivity index (χ1v) is 11.7. The van der Waals surface area contributed by atoms with E-state index in [2.05, 4.69) is 31.7 Å². The van der Waals surface area contributed by atoms with Crippen molar-refractivity contribution in [2.24, 2.45) is 0 Å². The van der Waals surface area contributed by atoms with Gasteiger partial charge in [0.15, 0.2) is 5.78 Å². The molecule has 0 aliphatic heterocycles. The highest BCUT2D eigenvalue weighted by atomic mass is 35.5. The van der Waals surface area contributed by atoms with Crippen LogP contribution >= 0.6 is 11.6 Å². The number of ether oxygens (including phenoxy) is 1. The van der Waals surface area contributed by atoms with Gasteiger partial charge >= 0.3 is 6.09 Å². The van der Waals surface area contributed by atoms with Crippen LogP contribution in [-0.4, -0.2) is 38.6 Å². The van der Waals surface area contributed by atoms with Gasteiger partial charge in [-0.1, -0.05) is 48.4 Å². The number of amides is 1. The van der Waals surface area contributed by atoms with Crippen LogP contribution in [0.3, 0.4) is 0 Å². The van der Waals surface area contributed by atoms with Crippen molar-refractivity contribution in [3.63, 3.8) is 0 Å². The summed E-state index contributed by atoms with van der Waals surface area (Å²) in [6, 6.07) is 7.40. The van der Waals surface area contributed by atoms with E-state index in [0.29, 0.717) is 33.8 Å². The second-order valence-electron chi connectivity index (χ2n) is 9.32. The van der Waals surface area contributed by atoms with Crippen molar-refractivity contribution in [1.29, 1.82) is 0 Å². The number of carbonyl (C=O) groups is 2. The number of halogens is 1. The minimum absolute atomic E-state index is 0.134. The molecular formula is C26H27ClN4O3. The second-order valence-corrected chi connectivity index (χ2v) is 9.68. The summed E-state index contributed by atoms with van der Waals surface area (Å²) in [7, 11) is 0. The number of nitrogens with zero attached hydrogens (tertiary/aromatic N) is 3. The lowest BCUT2D eigenvalue weighted by molar-refractivity contribution is 0.0535. The Balaban J connectivity index is 1.56. The normalized spacial score (nSPS) is 14.0. The van der Waals surface area contributed by atoms with Crippen LogP contribution in [0.25, 0.3) is 11.0 Å². The van der Waals surface area contributed by atoms with Crippen molar-refractivity contribution in [2.45, 2.75) is 58.1 Å². The topological polar surface area (TPSA) is 86.1 Å². The van der Waals surface area contributed by atoms with Crippen molar-refractivity contribution in [2.75, 3.05) is 6.54 Å². The Morgan fingerprint density at radius 2 is 2.00 bits per heavy atom. The molecule has 0 spiro atoms. The summed E-state index contributed by atoms with van der Waals surface area (Å²) >= 11 is 6.41. The molecule has 1 fully saturated rings. The smallest absolute Gasteiger partial charge is 0.408 e. The monoisotopic (exact) mass is 478 g/mol. The Morgan fingerprint density at radius 1 is 1.24 bits per heavy atom. The van der Waals surface area contributed by atoms with E-state index >= 15 is 0 Å². The van der Waals surface area contributed by atoms with E-state index in [1.807, 2.05) is 12.3 Å². The predicted molar refractivity (Wildman–Crippen MR) is 131 cm³/mol. The zero-order valence-corrected chi connectivity index (χ0v) is 20.3. The molecule has 1 amide bonds. The van der Waals surface area contributed by atoms with Gasteiger partial charge in [0, 0.05) is 23.4 Å². The third-order valence-corrected chi connectivity index (χ3v) is 5.89. The minimum atomic E-state index is -0.568. The Hall–Kier alpha value is -3.37. The molecule has 1 N–H and O–H groups in total. The highest BCUT2D eigenvalue weighted by Gasteiger charge is 2.25. The van der Waals surface area contributed by atoms with E-state index in [-0.39, 0.29) is 17.5 Å². The van der Waals surface area contributed by atoms with Gasteiger partial charge in [-0.3, -0.25) is 4.79 Å². The molecule has 2 heterocycles. The molecular weight excluding hydrogens is 452 g/mol. The molecule has 2 aromatic heterocycles. The highest BCUT2D eigenvalue weighted by Crippen LogP contribution is 2.36. The summed E-state index contributed by atoms with van der Waals surface area (Å²) in [6.45, 7) is 5.52. The molecule has 34 heavy (non-hydrogen) atoms. The van der Waals surface area contributed by atoms with Gasteiger partial charge in [0.05, 0.1) is 17.5 Å². The standard InChI is InChI=1S/C26H27ClN4O3/c1-26(2,3)34-25(33)28-13-7-9-17-8-6-10-18(14-17)22(32)20-15-31(19-11-4-5-12-19)24-21(20)23(27)29-16-30-24/h6,8,10,14-16,19H,4-5,11-13H2,1-3H3,(H,28,33). The van der Waals surface area contributed by atoms with Crippen LogP contribution < -0.4 is 5.32 Å². The van der Waals surface area contributed by atoms with Gasteiger partial charge in [-0.2, -0.15) is 0 Å². The molecule has 0 saturated heterocycles. The third-order valence-electron chi connectivity index (χ3n) is 5.60. The van der Waals surface area contributed by atoms with Crippen LogP contribution in [0.15, 0.2) is 36.8 Å². The Kier molecular flexibility index (Phi) is 6.90. The van der Waals surface area contributed by atoms with Crippen LogP contribution in [0.4, 0.5) is 4.79 Å². The number of aromatic nitrogens is 3. The largest absolute Gasteiger partial charge is 0.444 e. The van der Waals surface area contributed by atoms with Crippen molar-refractivity contribution in [3.05, 3.63) is 58.6 Å². The van der Waals surface area contributed by atoms with Crippen LogP contribution in [0, 0.1) is 11.8 Å². The molecule has 0 radical (unpaired) electrons. The van der Waals surface area contributed by atoms with Crippen LogP contribution in [-0.2, 0) is 4.74 Å². The summed E-state index contributed by atoms with van der Waals surface area (Å²) in [4.78, 5) is 33.8. The lowest BCUT2D eigenvalue weighted by Crippen LogP contribution is -2.32. The number of fused-ring (bicyclic) bond motifs is 1. The van der Waals surface area contributed by atoms with E-state index < -0.39 is 11.7 Å². The SMILES string of the molecule is CC(C)(C)OC(=O)NCC#Cc1cccc(C(=O)c2cn(C3CCCC3)c3ncnc(Cl)c23)c1. The molecule has 7 nitrogen and oxygen atoms in total. The van der Waals surface area contributed by atoms with Gasteiger partial charge in [-0.05, 0) is 45.7 Å². The summed E-state index contributed by atoms with van der Waals surface area (Å²) in [5, 5.41) is 3.45. The van der Waals surface area contributed by atoms with Gasteiger partial charge < -0.3 is 14.6 Å². The lowest BCUT2D eigenvalue weighted by Gasteiger charge is -2.18. The van der Waals surface area contributed by atoms with E-state index in [0.717, 1.165) is 25.7 Å². The number of ketones is 1. The predicted octanol–water partition coefficient (Wildman–Crippen LogP) is 5.31. The van der Waals surface area contributed by atoms with E-state index in [1.54, 1.807) is 39.0 Å². The number of rotatable bonds is 4. The summed E-state index contributed by atoms with van der Waals surface area (Å²) in [5.74, 6) is 5.71. The summed E-state index contributed by atoms with van der Waals surface area (Å²) in [6.07, 6.45) is 7.22. The first-order chi connectivity index (χ1) is 16.2. The minimum Gasteiger partial charge on any atom is -0.444 e. The fourth-order valence-electron chi connectivity index (χ4n) is 4.15. The van der Waals surface area contributed by atoms with E-state index in [4.69, 9.17) is 16.3 Å². The maximum atomic E-state index is 13.5. The van der Waals surface area contributed by atoms with E-state index in [9.17, 15) is 9.59 Å². The molecule has 0 bridgehead atoms. The van der Waals surface area contributed by atoms with Crippen molar-refractivity contribution in [1.82, 2.24) is 19.9 Å². The van der Waals surface area contributed by atoms with Gasteiger partial charge in [0.25, 0.3) is 0 Å². The third kappa shape index (κ3) is 5.40. The molecule has 176 valence electrons. The average molecular weight is 479 g/mol.